The third kappa shape index (κ3) is 11.8. The SMILES string of the molecule is CCCC(C)N(CCC(NC(=O)C(C)(C)CCCC(C)C)c1ccccc1)CC(C)N(C(C)=N)C(=N)C(C)C. The highest BCUT2D eigenvalue weighted by atomic mass is 16.2. The molecule has 0 saturated heterocycles. The zero-order chi connectivity index (χ0) is 29.8. The number of amidine groups is 2. The predicted octanol–water partition coefficient (Wildman–Crippen LogP) is 7.90. The highest BCUT2D eigenvalue weighted by Crippen LogP contribution is 2.28. The molecule has 0 aliphatic carbocycles. The second kappa shape index (κ2) is 16.8. The first-order valence-corrected chi connectivity index (χ1v) is 15.2. The standard InChI is InChI=1S/C33H59N5O/c1-11-16-26(6)37(23-27(7)38(28(8)34)31(35)25(4)5)22-20-30(29-18-13-12-14-19-29)36-32(39)33(9,10)21-15-17-24(2)3/h12-14,18-19,24-27,30,34-35H,11,15-17,20-23H2,1-10H3,(H,36,39). The molecule has 1 aromatic carbocycles. The van der Waals surface area contributed by atoms with E-state index in [9.17, 15) is 4.79 Å². The zero-order valence-corrected chi connectivity index (χ0v) is 26.7. The van der Waals surface area contributed by atoms with E-state index in [4.69, 9.17) is 10.8 Å². The van der Waals surface area contributed by atoms with Crippen molar-refractivity contribution in [2.24, 2.45) is 17.3 Å². The van der Waals surface area contributed by atoms with Crippen LogP contribution in [0.4, 0.5) is 0 Å². The minimum absolute atomic E-state index is 0.0152. The lowest BCUT2D eigenvalue weighted by Crippen LogP contribution is -2.50. The molecule has 1 amide bonds. The molecule has 6 heteroatoms. The van der Waals surface area contributed by atoms with Gasteiger partial charge in [-0.05, 0) is 51.5 Å². The number of carbonyl (C=O) groups is 1. The Balaban J connectivity index is 3.11. The van der Waals surface area contributed by atoms with Gasteiger partial charge in [-0.1, -0.05) is 98.1 Å². The molecule has 1 rings (SSSR count). The monoisotopic (exact) mass is 541 g/mol. The van der Waals surface area contributed by atoms with E-state index in [-0.39, 0.29) is 23.9 Å². The molecule has 39 heavy (non-hydrogen) atoms. The lowest BCUT2D eigenvalue weighted by Gasteiger charge is -2.38. The Kier molecular flexibility index (Phi) is 15.0. The molecule has 3 unspecified atom stereocenters. The van der Waals surface area contributed by atoms with Crippen LogP contribution >= 0.6 is 0 Å². The number of rotatable bonds is 17. The molecule has 3 atom stereocenters. The first-order valence-electron chi connectivity index (χ1n) is 15.2. The van der Waals surface area contributed by atoms with Crippen LogP contribution in [0, 0.1) is 28.1 Å². The van der Waals surface area contributed by atoms with Crippen LogP contribution in [0.3, 0.4) is 0 Å². The summed E-state index contributed by atoms with van der Waals surface area (Å²) in [7, 11) is 0. The van der Waals surface area contributed by atoms with E-state index in [1.807, 2.05) is 36.9 Å². The van der Waals surface area contributed by atoms with E-state index in [1.165, 1.54) is 0 Å². The number of hydrogen-bond acceptors (Lipinski definition) is 4. The number of carbonyl (C=O) groups excluding carboxylic acids is 1. The molecule has 0 aromatic heterocycles. The zero-order valence-electron chi connectivity index (χ0n) is 26.7. The highest BCUT2D eigenvalue weighted by Gasteiger charge is 2.30. The summed E-state index contributed by atoms with van der Waals surface area (Å²) in [6.45, 7) is 22.6. The van der Waals surface area contributed by atoms with Crippen molar-refractivity contribution in [1.82, 2.24) is 15.1 Å². The van der Waals surface area contributed by atoms with Gasteiger partial charge in [0.15, 0.2) is 0 Å². The van der Waals surface area contributed by atoms with Crippen molar-refractivity contribution in [2.75, 3.05) is 13.1 Å². The van der Waals surface area contributed by atoms with Crippen molar-refractivity contribution >= 4 is 17.6 Å². The van der Waals surface area contributed by atoms with Crippen molar-refractivity contribution in [3.63, 3.8) is 0 Å². The number of nitrogens with zero attached hydrogens (tertiary/aromatic N) is 2. The van der Waals surface area contributed by atoms with Gasteiger partial charge >= 0.3 is 0 Å². The lowest BCUT2D eigenvalue weighted by molar-refractivity contribution is -0.130. The normalized spacial score (nSPS) is 14.4. The van der Waals surface area contributed by atoms with Crippen molar-refractivity contribution in [2.45, 2.75) is 126 Å². The average molecular weight is 542 g/mol. The van der Waals surface area contributed by atoms with Gasteiger partial charge in [-0.15, -0.1) is 0 Å². The number of hydrogen-bond donors (Lipinski definition) is 3. The fraction of sp³-hybridized carbons (Fsp3) is 0.727. The first kappa shape index (κ1) is 34.8. The molecular weight excluding hydrogens is 482 g/mol. The van der Waals surface area contributed by atoms with Crippen LogP contribution in [-0.4, -0.2) is 52.6 Å². The summed E-state index contributed by atoms with van der Waals surface area (Å²) in [6.07, 6.45) is 6.08. The van der Waals surface area contributed by atoms with Gasteiger partial charge in [0.05, 0.1) is 11.9 Å². The number of benzene rings is 1. The van der Waals surface area contributed by atoms with Crippen LogP contribution in [0.1, 0.15) is 119 Å². The molecule has 222 valence electrons. The summed E-state index contributed by atoms with van der Waals surface area (Å²) < 4.78 is 0. The molecule has 0 saturated carbocycles. The van der Waals surface area contributed by atoms with E-state index in [2.05, 4.69) is 70.8 Å². The van der Waals surface area contributed by atoms with Crippen molar-refractivity contribution in [3.8, 4) is 0 Å². The molecule has 0 aliphatic heterocycles. The molecule has 0 heterocycles. The fourth-order valence-corrected chi connectivity index (χ4v) is 5.26. The van der Waals surface area contributed by atoms with Gasteiger partial charge in [0.25, 0.3) is 0 Å². The van der Waals surface area contributed by atoms with E-state index < -0.39 is 5.41 Å². The quantitative estimate of drug-likeness (QED) is 0.138. The molecule has 0 radical (unpaired) electrons. The maximum absolute atomic E-state index is 13.5. The Bertz CT molecular complexity index is 879. The highest BCUT2D eigenvalue weighted by molar-refractivity contribution is 5.98. The van der Waals surface area contributed by atoms with Gasteiger partial charge in [-0.3, -0.25) is 20.5 Å². The summed E-state index contributed by atoms with van der Waals surface area (Å²) >= 11 is 0. The number of nitrogens with one attached hydrogen (secondary N) is 3. The van der Waals surface area contributed by atoms with Crippen LogP contribution in [0.5, 0.6) is 0 Å². The van der Waals surface area contributed by atoms with Gasteiger partial charge < -0.3 is 10.2 Å². The van der Waals surface area contributed by atoms with Crippen LogP contribution in [-0.2, 0) is 4.79 Å². The van der Waals surface area contributed by atoms with Crippen LogP contribution in [0.25, 0.3) is 0 Å². The van der Waals surface area contributed by atoms with Crippen LogP contribution < -0.4 is 5.32 Å². The Morgan fingerprint density at radius 1 is 0.949 bits per heavy atom. The molecule has 0 fully saturated rings. The average Bonchev–Trinajstić information content (AvgIpc) is 2.85. The third-order valence-electron chi connectivity index (χ3n) is 7.85. The summed E-state index contributed by atoms with van der Waals surface area (Å²) in [5, 5.41) is 20.4. The van der Waals surface area contributed by atoms with Crippen LogP contribution in [0.15, 0.2) is 30.3 Å². The topological polar surface area (TPSA) is 83.3 Å². The molecule has 1 aromatic rings. The predicted molar refractivity (Wildman–Crippen MR) is 168 cm³/mol. The Labute approximate surface area is 240 Å². The first-order chi connectivity index (χ1) is 18.2. The Morgan fingerprint density at radius 2 is 1.56 bits per heavy atom. The summed E-state index contributed by atoms with van der Waals surface area (Å²) in [6, 6.07) is 10.7. The van der Waals surface area contributed by atoms with Gasteiger partial charge in [0.2, 0.25) is 5.91 Å². The molecule has 0 spiro atoms. The smallest absolute Gasteiger partial charge is 0.226 e. The second-order valence-electron chi connectivity index (χ2n) is 12.9. The van der Waals surface area contributed by atoms with Gasteiger partial charge in [-0.2, -0.15) is 0 Å². The van der Waals surface area contributed by atoms with E-state index in [0.29, 0.717) is 23.6 Å². The van der Waals surface area contributed by atoms with Crippen LogP contribution in [0.2, 0.25) is 0 Å². The Morgan fingerprint density at radius 3 is 2.08 bits per heavy atom. The maximum Gasteiger partial charge on any atom is 0.226 e. The maximum atomic E-state index is 13.5. The van der Waals surface area contributed by atoms with E-state index >= 15 is 0 Å². The third-order valence-corrected chi connectivity index (χ3v) is 7.85. The summed E-state index contributed by atoms with van der Waals surface area (Å²) in [5.41, 5.74) is 0.726. The Hall–Kier alpha value is -2.21. The minimum Gasteiger partial charge on any atom is -0.349 e. The summed E-state index contributed by atoms with van der Waals surface area (Å²) in [4.78, 5) is 17.9. The minimum atomic E-state index is -0.412. The second-order valence-corrected chi connectivity index (χ2v) is 12.9. The van der Waals surface area contributed by atoms with Gasteiger partial charge in [-0.25, -0.2) is 0 Å². The number of amides is 1. The molecule has 0 aliphatic rings. The largest absolute Gasteiger partial charge is 0.349 e. The van der Waals surface area contributed by atoms with E-state index in [1.54, 1.807) is 6.92 Å². The van der Waals surface area contributed by atoms with Crippen molar-refractivity contribution < 1.29 is 4.79 Å². The van der Waals surface area contributed by atoms with Gasteiger partial charge in [0.1, 0.15) is 5.84 Å². The molecule has 0 bridgehead atoms. The van der Waals surface area contributed by atoms with Gasteiger partial charge in [0, 0.05) is 36.5 Å². The molecule has 6 nitrogen and oxygen atoms in total. The summed E-state index contributed by atoms with van der Waals surface area (Å²) in [5.74, 6) is 1.75. The van der Waals surface area contributed by atoms with Crippen molar-refractivity contribution in [1.29, 1.82) is 10.8 Å². The lowest BCUT2D eigenvalue weighted by atomic mass is 9.84. The van der Waals surface area contributed by atoms with Crippen molar-refractivity contribution in [3.05, 3.63) is 35.9 Å². The van der Waals surface area contributed by atoms with E-state index in [0.717, 1.165) is 57.2 Å². The molecule has 3 N–H and O–H groups in total. The fourth-order valence-electron chi connectivity index (χ4n) is 5.26. The molecular formula is C33H59N5O.